The van der Waals surface area contributed by atoms with Crippen molar-refractivity contribution in [2.45, 2.75) is 13.0 Å². The molecule has 0 amide bonds. The van der Waals surface area contributed by atoms with Crippen molar-refractivity contribution < 1.29 is 28.2 Å². The van der Waals surface area contributed by atoms with Crippen molar-refractivity contribution in [3.05, 3.63) is 47.2 Å². The Morgan fingerprint density at radius 3 is 2.33 bits per heavy atom. The largest absolute Gasteiger partial charge is 0.465 e. The first kappa shape index (κ1) is 22.0. The number of carbonyl (C=O) groups is 2. The number of hydrogen-bond donors (Lipinski definition) is 1. The third-order valence-corrected chi connectivity index (χ3v) is 4.95. The number of methoxy groups -OCH3 is 2. The highest BCUT2D eigenvalue weighted by molar-refractivity contribution is 5.97. The van der Waals surface area contributed by atoms with Crippen molar-refractivity contribution in [3.8, 4) is 11.3 Å². The molecule has 1 aromatic heterocycles. The fourth-order valence-electron chi connectivity index (χ4n) is 3.33. The molecule has 2 heterocycles. The van der Waals surface area contributed by atoms with Crippen LogP contribution in [0, 0.1) is 0 Å². The van der Waals surface area contributed by atoms with Crippen molar-refractivity contribution in [1.82, 2.24) is 10.2 Å². The molecule has 1 aliphatic rings. The van der Waals surface area contributed by atoms with E-state index in [4.69, 9.17) is 18.6 Å². The summed E-state index contributed by atoms with van der Waals surface area (Å²) in [5.74, 6) is 0.280. The van der Waals surface area contributed by atoms with Crippen LogP contribution < -0.4 is 5.32 Å². The summed E-state index contributed by atoms with van der Waals surface area (Å²) < 4.78 is 20.8. The summed E-state index contributed by atoms with van der Waals surface area (Å²) in [6.07, 6.45) is 1.05. The summed E-state index contributed by atoms with van der Waals surface area (Å²) in [6, 6.07) is 8.42. The molecule has 1 saturated heterocycles. The van der Waals surface area contributed by atoms with E-state index in [1.807, 2.05) is 12.1 Å². The zero-order chi connectivity index (χ0) is 21.3. The number of hydrogen-bond acceptors (Lipinski definition) is 8. The van der Waals surface area contributed by atoms with E-state index < -0.39 is 11.9 Å². The molecule has 0 saturated carbocycles. The highest BCUT2D eigenvalue weighted by atomic mass is 16.5. The van der Waals surface area contributed by atoms with Gasteiger partial charge in [0.1, 0.15) is 11.5 Å². The Labute approximate surface area is 176 Å². The lowest BCUT2D eigenvalue weighted by molar-refractivity contribution is 0.0374. The summed E-state index contributed by atoms with van der Waals surface area (Å²) in [4.78, 5) is 26.3. The second-order valence-corrected chi connectivity index (χ2v) is 7.03. The van der Waals surface area contributed by atoms with E-state index in [0.29, 0.717) is 17.9 Å². The molecular weight excluding hydrogens is 388 g/mol. The summed E-state index contributed by atoms with van der Waals surface area (Å²) >= 11 is 0. The van der Waals surface area contributed by atoms with Crippen molar-refractivity contribution >= 4 is 11.9 Å². The maximum absolute atomic E-state index is 12.0. The van der Waals surface area contributed by atoms with Gasteiger partial charge in [-0.3, -0.25) is 4.90 Å². The molecule has 3 rings (SSSR count). The fourth-order valence-corrected chi connectivity index (χ4v) is 3.33. The van der Waals surface area contributed by atoms with Crippen molar-refractivity contribution in [1.29, 1.82) is 0 Å². The van der Waals surface area contributed by atoms with Gasteiger partial charge in [-0.05, 0) is 49.8 Å². The minimum absolute atomic E-state index is 0.259. The molecule has 0 spiro atoms. The van der Waals surface area contributed by atoms with Crippen LogP contribution in [-0.2, 0) is 20.8 Å². The predicted molar refractivity (Wildman–Crippen MR) is 110 cm³/mol. The molecule has 0 aliphatic carbocycles. The summed E-state index contributed by atoms with van der Waals surface area (Å²) in [6.45, 7) is 6.17. The number of nitrogens with zero attached hydrogens (tertiary/aromatic N) is 1. The minimum atomic E-state index is -0.532. The third-order valence-electron chi connectivity index (χ3n) is 4.95. The lowest BCUT2D eigenvalue weighted by Gasteiger charge is -2.26. The van der Waals surface area contributed by atoms with Crippen LogP contribution in [0.1, 0.15) is 32.9 Å². The summed E-state index contributed by atoms with van der Waals surface area (Å²) in [7, 11) is 2.59. The van der Waals surface area contributed by atoms with E-state index in [-0.39, 0.29) is 11.1 Å². The second kappa shape index (κ2) is 10.9. The molecule has 162 valence electrons. The molecular formula is C22H28N2O6. The van der Waals surface area contributed by atoms with Gasteiger partial charge in [0.2, 0.25) is 0 Å². The first-order valence-corrected chi connectivity index (χ1v) is 10.0. The Kier molecular flexibility index (Phi) is 8.01. The van der Waals surface area contributed by atoms with E-state index >= 15 is 0 Å². The van der Waals surface area contributed by atoms with Crippen molar-refractivity contribution in [3.63, 3.8) is 0 Å². The average Bonchev–Trinajstić information content (AvgIpc) is 3.27. The zero-order valence-corrected chi connectivity index (χ0v) is 17.4. The lowest BCUT2D eigenvalue weighted by atomic mass is 10.0. The van der Waals surface area contributed by atoms with Crippen molar-refractivity contribution in [2.75, 3.05) is 53.6 Å². The average molecular weight is 416 g/mol. The number of benzene rings is 1. The highest BCUT2D eigenvalue weighted by Crippen LogP contribution is 2.25. The van der Waals surface area contributed by atoms with Gasteiger partial charge in [-0.25, -0.2) is 9.59 Å². The van der Waals surface area contributed by atoms with E-state index in [0.717, 1.165) is 51.6 Å². The van der Waals surface area contributed by atoms with E-state index in [9.17, 15) is 9.59 Å². The molecule has 0 radical (unpaired) electrons. The van der Waals surface area contributed by atoms with Crippen LogP contribution in [0.2, 0.25) is 0 Å². The fraction of sp³-hybridized carbons (Fsp3) is 0.455. The summed E-state index contributed by atoms with van der Waals surface area (Å²) in [5.41, 5.74) is 1.13. The summed E-state index contributed by atoms with van der Waals surface area (Å²) in [5, 5.41) is 3.38. The molecule has 1 fully saturated rings. The topological polar surface area (TPSA) is 90.2 Å². The normalized spacial score (nSPS) is 14.5. The van der Waals surface area contributed by atoms with E-state index in [1.54, 1.807) is 12.1 Å². The van der Waals surface area contributed by atoms with Gasteiger partial charge in [-0.15, -0.1) is 0 Å². The minimum Gasteiger partial charge on any atom is -0.465 e. The van der Waals surface area contributed by atoms with E-state index in [1.165, 1.54) is 20.3 Å². The molecule has 30 heavy (non-hydrogen) atoms. The maximum Gasteiger partial charge on any atom is 0.337 e. The first-order chi connectivity index (χ1) is 14.6. The highest BCUT2D eigenvalue weighted by Gasteiger charge is 2.16. The number of carbonyl (C=O) groups excluding carboxylic acids is 2. The number of rotatable bonds is 9. The predicted octanol–water partition coefficient (Wildman–Crippen LogP) is 2.33. The first-order valence-electron chi connectivity index (χ1n) is 10.0. The number of morpholine rings is 1. The van der Waals surface area contributed by atoms with Crippen LogP contribution in [0.4, 0.5) is 0 Å². The van der Waals surface area contributed by atoms with Gasteiger partial charge in [0.25, 0.3) is 0 Å². The van der Waals surface area contributed by atoms with Crippen LogP contribution in [0.5, 0.6) is 0 Å². The van der Waals surface area contributed by atoms with Crippen LogP contribution >= 0.6 is 0 Å². The monoisotopic (exact) mass is 416 g/mol. The zero-order valence-electron chi connectivity index (χ0n) is 17.4. The van der Waals surface area contributed by atoms with Gasteiger partial charge in [0.05, 0.1) is 45.1 Å². The molecule has 0 unspecified atom stereocenters. The molecule has 2 aromatic rings. The van der Waals surface area contributed by atoms with Crippen LogP contribution in [0.3, 0.4) is 0 Å². The Balaban J connectivity index is 1.59. The van der Waals surface area contributed by atoms with Crippen LogP contribution in [-0.4, -0.2) is 70.5 Å². The smallest absolute Gasteiger partial charge is 0.337 e. The molecule has 8 heteroatoms. The molecule has 1 aromatic carbocycles. The molecule has 1 aliphatic heterocycles. The van der Waals surface area contributed by atoms with E-state index in [2.05, 4.69) is 10.2 Å². The van der Waals surface area contributed by atoms with Crippen molar-refractivity contribution in [2.24, 2.45) is 0 Å². The Bertz CT molecular complexity index is 823. The van der Waals surface area contributed by atoms with Gasteiger partial charge in [-0.1, -0.05) is 0 Å². The van der Waals surface area contributed by atoms with Gasteiger partial charge >= 0.3 is 11.9 Å². The van der Waals surface area contributed by atoms with Crippen LogP contribution in [0.25, 0.3) is 11.3 Å². The van der Waals surface area contributed by atoms with Gasteiger partial charge < -0.3 is 23.9 Å². The van der Waals surface area contributed by atoms with Gasteiger partial charge in [0.15, 0.2) is 0 Å². The number of nitrogens with one attached hydrogen (secondary N) is 1. The van der Waals surface area contributed by atoms with Gasteiger partial charge in [-0.2, -0.15) is 0 Å². The second-order valence-electron chi connectivity index (χ2n) is 7.03. The quantitative estimate of drug-likeness (QED) is 0.492. The number of furan rings is 1. The SMILES string of the molecule is COC(=O)c1cc(C(=O)OC)cc(-c2ccc(CNCCCN3CCOCC3)o2)c1. The Morgan fingerprint density at radius 1 is 1.03 bits per heavy atom. The third kappa shape index (κ3) is 5.91. The standard InChI is InChI=1S/C22H28N2O6/c1-27-21(25)17-12-16(13-18(14-17)22(26)28-2)20-5-4-19(30-20)15-23-6-3-7-24-8-10-29-11-9-24/h4-5,12-14,23H,3,6-11,15H2,1-2H3. The molecule has 8 nitrogen and oxygen atoms in total. The molecule has 0 atom stereocenters. The maximum atomic E-state index is 12.0. The molecule has 0 bridgehead atoms. The Morgan fingerprint density at radius 2 is 1.70 bits per heavy atom. The Hall–Kier alpha value is -2.68. The van der Waals surface area contributed by atoms with Crippen LogP contribution in [0.15, 0.2) is 34.7 Å². The van der Waals surface area contributed by atoms with Gasteiger partial charge in [0, 0.05) is 18.7 Å². The number of esters is 2. The number of ether oxygens (including phenoxy) is 3. The lowest BCUT2D eigenvalue weighted by Crippen LogP contribution is -2.37. The molecule has 1 N–H and O–H groups in total.